The zero-order valence-corrected chi connectivity index (χ0v) is 20.1. The third kappa shape index (κ3) is 5.26. The molecule has 1 amide bonds. The first-order chi connectivity index (χ1) is 17.0. The van der Waals surface area contributed by atoms with Crippen LogP contribution < -0.4 is 15.4 Å². The van der Waals surface area contributed by atoms with Crippen LogP contribution in [0.4, 0.5) is 5.82 Å². The number of aliphatic hydroxyl groups is 2. The monoisotopic (exact) mass is 496 g/mol. The maximum Gasteiger partial charge on any atom is 0.235 e. The van der Waals surface area contributed by atoms with Gasteiger partial charge in [0, 0.05) is 24.2 Å². The molecule has 2 aliphatic rings. The summed E-state index contributed by atoms with van der Waals surface area (Å²) in [4.78, 5) is 21.5. The highest BCUT2D eigenvalue weighted by atomic mass is 32.2. The second-order valence-corrected chi connectivity index (χ2v) is 9.75. The lowest BCUT2D eigenvalue weighted by Crippen LogP contribution is -2.45. The average molecular weight is 497 g/mol. The molecule has 0 spiro atoms. The second-order valence-electron chi connectivity index (χ2n) is 8.73. The summed E-state index contributed by atoms with van der Waals surface area (Å²) in [5.74, 6) is 1.65. The zero-order valence-electron chi connectivity index (χ0n) is 19.3. The van der Waals surface area contributed by atoms with E-state index in [1.165, 1.54) is 11.8 Å². The van der Waals surface area contributed by atoms with Gasteiger partial charge in [0.25, 0.3) is 0 Å². The topological polar surface area (TPSA) is 126 Å². The van der Waals surface area contributed by atoms with E-state index in [0.717, 1.165) is 27.9 Å². The maximum absolute atomic E-state index is 11.6. The van der Waals surface area contributed by atoms with Crippen molar-refractivity contribution in [2.75, 3.05) is 24.8 Å². The van der Waals surface area contributed by atoms with E-state index in [-0.39, 0.29) is 11.9 Å². The number of rotatable bonds is 7. The number of thioether (sulfide) groups is 1. The fraction of sp³-hybridized carbons (Fsp3) is 0.400. The first-order valence-electron chi connectivity index (χ1n) is 11.6. The molecule has 5 rings (SSSR count). The van der Waals surface area contributed by atoms with Crippen LogP contribution in [0.15, 0.2) is 47.5 Å². The molecular formula is C25H28N4O5S. The lowest BCUT2D eigenvalue weighted by atomic mass is 9.93. The summed E-state index contributed by atoms with van der Waals surface area (Å²) in [5.41, 5.74) is 2.15. The van der Waals surface area contributed by atoms with Crippen molar-refractivity contribution in [2.45, 2.75) is 48.6 Å². The van der Waals surface area contributed by atoms with Crippen molar-refractivity contribution in [3.05, 3.63) is 53.9 Å². The highest BCUT2D eigenvalue weighted by molar-refractivity contribution is 8.00. The van der Waals surface area contributed by atoms with Crippen LogP contribution in [-0.2, 0) is 16.1 Å². The van der Waals surface area contributed by atoms with E-state index >= 15 is 0 Å². The third-order valence-electron chi connectivity index (χ3n) is 6.42. The number of pyridine rings is 2. The van der Waals surface area contributed by atoms with Crippen LogP contribution in [0.1, 0.15) is 30.2 Å². The van der Waals surface area contributed by atoms with Gasteiger partial charge in [0.15, 0.2) is 0 Å². The molecular weight excluding hydrogens is 468 g/mol. The number of anilines is 1. The first-order valence-corrected chi connectivity index (χ1v) is 12.6. The maximum atomic E-state index is 11.6. The van der Waals surface area contributed by atoms with Gasteiger partial charge in [0.05, 0.1) is 41.7 Å². The van der Waals surface area contributed by atoms with E-state index in [4.69, 9.17) is 9.47 Å². The lowest BCUT2D eigenvalue weighted by molar-refractivity contribution is -0.114. The van der Waals surface area contributed by atoms with E-state index in [1.54, 1.807) is 19.4 Å². The molecule has 0 aliphatic carbocycles. The van der Waals surface area contributed by atoms with E-state index in [0.29, 0.717) is 42.5 Å². The number of carbonyl (C=O) groups is 1. The quantitative estimate of drug-likeness (QED) is 0.390. The van der Waals surface area contributed by atoms with Gasteiger partial charge in [0.1, 0.15) is 23.8 Å². The summed E-state index contributed by atoms with van der Waals surface area (Å²) < 4.78 is 11.3. The van der Waals surface area contributed by atoms with Crippen LogP contribution >= 0.6 is 11.8 Å². The Balaban J connectivity index is 1.17. The Kier molecular flexibility index (Phi) is 7.17. The summed E-state index contributed by atoms with van der Waals surface area (Å²) in [6.07, 6.45) is 0.349. The summed E-state index contributed by atoms with van der Waals surface area (Å²) in [6.45, 7) is 0.958. The van der Waals surface area contributed by atoms with Crippen molar-refractivity contribution in [1.29, 1.82) is 0 Å². The molecule has 0 radical (unpaired) electrons. The van der Waals surface area contributed by atoms with Crippen LogP contribution in [0.25, 0.3) is 10.9 Å². The fourth-order valence-corrected chi connectivity index (χ4v) is 5.23. The van der Waals surface area contributed by atoms with Gasteiger partial charge < -0.3 is 30.3 Å². The van der Waals surface area contributed by atoms with Gasteiger partial charge in [-0.05, 0) is 54.8 Å². The molecule has 1 saturated heterocycles. The summed E-state index contributed by atoms with van der Waals surface area (Å²) in [7, 11) is 1.58. The Morgan fingerprint density at radius 3 is 2.94 bits per heavy atom. The van der Waals surface area contributed by atoms with Gasteiger partial charge in [-0.25, -0.2) is 4.98 Å². The van der Waals surface area contributed by atoms with Crippen LogP contribution in [0, 0.1) is 0 Å². The molecule has 0 bridgehead atoms. The van der Waals surface area contributed by atoms with E-state index < -0.39 is 18.3 Å². The Bertz CT molecular complexity index is 1220. The van der Waals surface area contributed by atoms with Crippen LogP contribution in [-0.4, -0.2) is 63.8 Å². The molecule has 1 fully saturated rings. The normalized spacial score (nSPS) is 21.7. The average Bonchev–Trinajstić information content (AvgIpc) is 2.90. The molecule has 1 aromatic carbocycles. The molecule has 2 aromatic heterocycles. The minimum absolute atomic E-state index is 0.0357. The Morgan fingerprint density at radius 1 is 1.26 bits per heavy atom. The van der Waals surface area contributed by atoms with Gasteiger partial charge in [-0.2, -0.15) is 0 Å². The Labute approximate surface area is 207 Å². The first kappa shape index (κ1) is 24.0. The minimum Gasteiger partial charge on any atom is -0.497 e. The second kappa shape index (κ2) is 10.5. The SMILES string of the molecule is COc1ccc2nccc(C(O)C(O)[C@@H]3CC[C@@H](NCc4ccc5c(n4)NC(=O)CS5)CO3)c2c1. The number of benzene rings is 1. The number of aromatic nitrogens is 2. The number of aliphatic hydroxyl groups excluding tert-OH is 2. The highest BCUT2D eigenvalue weighted by Crippen LogP contribution is 2.32. The molecule has 3 aromatic rings. The molecule has 2 unspecified atom stereocenters. The molecule has 2 aliphatic heterocycles. The predicted molar refractivity (Wildman–Crippen MR) is 132 cm³/mol. The zero-order chi connectivity index (χ0) is 24.4. The van der Waals surface area contributed by atoms with Crippen molar-refractivity contribution in [3.63, 3.8) is 0 Å². The number of ether oxygens (including phenoxy) is 2. The lowest BCUT2D eigenvalue weighted by Gasteiger charge is -2.34. The number of carbonyl (C=O) groups excluding carboxylic acids is 1. The molecule has 10 heteroatoms. The number of methoxy groups -OCH3 is 1. The number of hydrogen-bond acceptors (Lipinski definition) is 9. The molecule has 4 N–H and O–H groups in total. The van der Waals surface area contributed by atoms with Gasteiger partial charge >= 0.3 is 0 Å². The summed E-state index contributed by atoms with van der Waals surface area (Å²) >= 11 is 1.49. The van der Waals surface area contributed by atoms with Gasteiger partial charge in [-0.3, -0.25) is 9.78 Å². The Morgan fingerprint density at radius 2 is 2.14 bits per heavy atom. The van der Waals surface area contributed by atoms with Crippen molar-refractivity contribution in [2.24, 2.45) is 0 Å². The number of amides is 1. The third-order valence-corrected chi connectivity index (χ3v) is 7.47. The standard InChI is InChI=1S/C25H28N4O5S/c1-33-16-4-5-19-18(10-16)17(8-9-26-19)23(31)24(32)20-6-2-15(12-34-20)27-11-14-3-7-21-25(28-14)29-22(30)13-35-21/h3-5,7-10,15,20,23-24,27,31-32H,2,6,11-13H2,1H3,(H,28,29,30)/t15-,20+,23?,24?/m1/s1. The summed E-state index contributed by atoms with van der Waals surface area (Å²) in [5, 5.41) is 28.9. The van der Waals surface area contributed by atoms with Gasteiger partial charge in [0.2, 0.25) is 5.91 Å². The van der Waals surface area contributed by atoms with Crippen LogP contribution in [0.5, 0.6) is 5.75 Å². The van der Waals surface area contributed by atoms with Crippen molar-refractivity contribution < 1.29 is 24.5 Å². The Hall–Kier alpha value is -2.76. The molecule has 4 heterocycles. The van der Waals surface area contributed by atoms with Crippen LogP contribution in [0.3, 0.4) is 0 Å². The van der Waals surface area contributed by atoms with Gasteiger partial charge in [-0.1, -0.05) is 0 Å². The van der Waals surface area contributed by atoms with E-state index in [1.807, 2.05) is 30.3 Å². The smallest absolute Gasteiger partial charge is 0.235 e. The molecule has 0 saturated carbocycles. The minimum atomic E-state index is -1.12. The highest BCUT2D eigenvalue weighted by Gasteiger charge is 2.33. The number of hydrogen-bond donors (Lipinski definition) is 4. The molecule has 184 valence electrons. The number of nitrogens with one attached hydrogen (secondary N) is 2. The molecule has 4 atom stereocenters. The van der Waals surface area contributed by atoms with Crippen molar-refractivity contribution in [1.82, 2.24) is 15.3 Å². The molecule has 35 heavy (non-hydrogen) atoms. The number of fused-ring (bicyclic) bond motifs is 2. The van der Waals surface area contributed by atoms with Gasteiger partial charge in [-0.15, -0.1) is 11.8 Å². The van der Waals surface area contributed by atoms with Crippen molar-refractivity contribution >= 4 is 34.4 Å². The summed E-state index contributed by atoms with van der Waals surface area (Å²) in [6, 6.07) is 11.2. The number of nitrogens with zero attached hydrogens (tertiary/aromatic N) is 2. The fourth-order valence-electron chi connectivity index (χ4n) is 4.47. The largest absolute Gasteiger partial charge is 0.497 e. The van der Waals surface area contributed by atoms with E-state index in [2.05, 4.69) is 20.6 Å². The van der Waals surface area contributed by atoms with Crippen molar-refractivity contribution in [3.8, 4) is 5.75 Å². The predicted octanol–water partition coefficient (Wildman–Crippen LogP) is 2.41. The molecule has 9 nitrogen and oxygen atoms in total. The van der Waals surface area contributed by atoms with Crippen LogP contribution in [0.2, 0.25) is 0 Å². The van der Waals surface area contributed by atoms with E-state index in [9.17, 15) is 15.0 Å².